The summed E-state index contributed by atoms with van der Waals surface area (Å²) in [6.07, 6.45) is 2.58. The fraction of sp³-hybridized carbons (Fsp3) is 0.636. The number of hydrogen-bond donors (Lipinski definition) is 1. The number of aryl methyl sites for hydroxylation is 2. The molecule has 0 fully saturated rings. The van der Waals surface area contributed by atoms with E-state index in [0.29, 0.717) is 11.3 Å². The van der Waals surface area contributed by atoms with Gasteiger partial charge in [0.2, 0.25) is 0 Å². The van der Waals surface area contributed by atoms with E-state index in [0.717, 1.165) is 13.0 Å². The van der Waals surface area contributed by atoms with Gasteiger partial charge in [-0.15, -0.1) is 0 Å². The molecule has 4 nitrogen and oxygen atoms in total. The highest BCUT2D eigenvalue weighted by molar-refractivity contribution is 5.88. The van der Waals surface area contributed by atoms with Crippen LogP contribution in [0.2, 0.25) is 0 Å². The van der Waals surface area contributed by atoms with E-state index in [9.17, 15) is 4.79 Å². The van der Waals surface area contributed by atoms with Gasteiger partial charge in [-0.05, 0) is 18.8 Å². The van der Waals surface area contributed by atoms with Crippen molar-refractivity contribution in [2.24, 2.45) is 5.41 Å². The lowest BCUT2D eigenvalue weighted by atomic mass is 9.92. The number of aromatic carboxylic acids is 1. The molecule has 0 saturated heterocycles. The smallest absolute Gasteiger partial charge is 0.339 e. The molecule has 0 amide bonds. The van der Waals surface area contributed by atoms with Gasteiger partial charge >= 0.3 is 5.97 Å². The molecule has 1 aromatic rings. The fourth-order valence-corrected chi connectivity index (χ4v) is 1.29. The molecule has 0 spiro atoms. The molecule has 1 N–H and O–H groups in total. The third-order valence-electron chi connectivity index (χ3n) is 2.27. The maximum absolute atomic E-state index is 10.8. The standard InChI is InChI=1S/C11H18N2O2/c1-8-9(10(14)15)7-13(12-8)6-5-11(2,3)4/h7H,5-6H2,1-4H3,(H,14,15). The summed E-state index contributed by atoms with van der Waals surface area (Å²) < 4.78 is 1.71. The third kappa shape index (κ3) is 3.38. The zero-order valence-corrected chi connectivity index (χ0v) is 9.74. The molecule has 15 heavy (non-hydrogen) atoms. The molecule has 0 radical (unpaired) electrons. The minimum absolute atomic E-state index is 0.239. The van der Waals surface area contributed by atoms with Crippen LogP contribution in [-0.2, 0) is 6.54 Å². The van der Waals surface area contributed by atoms with Crippen LogP contribution in [0.15, 0.2) is 6.20 Å². The van der Waals surface area contributed by atoms with Gasteiger partial charge in [0, 0.05) is 12.7 Å². The summed E-state index contributed by atoms with van der Waals surface area (Å²) in [4.78, 5) is 10.8. The first-order valence-electron chi connectivity index (χ1n) is 5.07. The summed E-state index contributed by atoms with van der Waals surface area (Å²) in [5.74, 6) is -0.908. The lowest BCUT2D eigenvalue weighted by Crippen LogP contribution is -2.10. The van der Waals surface area contributed by atoms with Gasteiger partial charge in [-0.1, -0.05) is 20.8 Å². The number of aromatic nitrogens is 2. The van der Waals surface area contributed by atoms with E-state index in [-0.39, 0.29) is 5.41 Å². The van der Waals surface area contributed by atoms with Crippen molar-refractivity contribution in [3.63, 3.8) is 0 Å². The molecule has 0 aliphatic heterocycles. The summed E-state index contributed by atoms with van der Waals surface area (Å²) in [7, 11) is 0. The first-order chi connectivity index (χ1) is 6.79. The summed E-state index contributed by atoms with van der Waals surface area (Å²) in [6, 6.07) is 0. The van der Waals surface area contributed by atoms with Crippen LogP contribution in [0.3, 0.4) is 0 Å². The molecule has 0 atom stereocenters. The van der Waals surface area contributed by atoms with Gasteiger partial charge in [0.25, 0.3) is 0 Å². The van der Waals surface area contributed by atoms with E-state index in [1.165, 1.54) is 0 Å². The molecule has 84 valence electrons. The summed E-state index contributed by atoms with van der Waals surface area (Å²) in [5, 5.41) is 13.0. The molecular weight excluding hydrogens is 192 g/mol. The second kappa shape index (κ2) is 4.04. The third-order valence-corrected chi connectivity index (χ3v) is 2.27. The number of carboxylic acids is 1. The number of nitrogens with zero attached hydrogens (tertiary/aromatic N) is 2. The topological polar surface area (TPSA) is 55.1 Å². The molecule has 1 heterocycles. The quantitative estimate of drug-likeness (QED) is 0.833. The molecule has 0 aliphatic carbocycles. The van der Waals surface area contributed by atoms with Gasteiger partial charge in [-0.3, -0.25) is 4.68 Å². The predicted molar refractivity (Wildman–Crippen MR) is 58.0 cm³/mol. The molecule has 1 aromatic heterocycles. The van der Waals surface area contributed by atoms with Crippen molar-refractivity contribution in [1.82, 2.24) is 9.78 Å². The van der Waals surface area contributed by atoms with E-state index in [4.69, 9.17) is 5.11 Å². The van der Waals surface area contributed by atoms with Crippen LogP contribution in [0, 0.1) is 12.3 Å². The minimum atomic E-state index is -0.908. The predicted octanol–water partition coefficient (Wildman–Crippen LogP) is 2.33. The van der Waals surface area contributed by atoms with Crippen molar-refractivity contribution < 1.29 is 9.90 Å². The Balaban J connectivity index is 2.72. The average Bonchev–Trinajstić information content (AvgIpc) is 2.42. The van der Waals surface area contributed by atoms with E-state index in [1.807, 2.05) is 0 Å². The van der Waals surface area contributed by atoms with Crippen LogP contribution < -0.4 is 0 Å². The van der Waals surface area contributed by atoms with Gasteiger partial charge in [0.15, 0.2) is 0 Å². The minimum Gasteiger partial charge on any atom is -0.478 e. The number of carboxylic acid groups (broad SMARTS) is 1. The Morgan fingerprint density at radius 1 is 1.53 bits per heavy atom. The van der Waals surface area contributed by atoms with Gasteiger partial charge in [0.1, 0.15) is 5.56 Å². The Bertz CT molecular complexity index is 361. The SMILES string of the molecule is Cc1nn(CCC(C)(C)C)cc1C(=O)O. The summed E-state index contributed by atoms with van der Waals surface area (Å²) in [6.45, 7) is 8.94. The van der Waals surface area contributed by atoms with Gasteiger partial charge in [-0.2, -0.15) is 5.10 Å². The molecule has 0 aliphatic rings. The molecule has 1 rings (SSSR count). The molecule has 0 saturated carbocycles. The molecule has 0 aromatic carbocycles. The lowest BCUT2D eigenvalue weighted by Gasteiger charge is -2.17. The second-order valence-corrected chi connectivity index (χ2v) is 5.01. The zero-order valence-electron chi connectivity index (χ0n) is 9.74. The van der Waals surface area contributed by atoms with E-state index < -0.39 is 5.97 Å². The highest BCUT2D eigenvalue weighted by Crippen LogP contribution is 2.19. The van der Waals surface area contributed by atoms with Crippen molar-refractivity contribution in [1.29, 1.82) is 0 Å². The van der Waals surface area contributed by atoms with Gasteiger partial charge < -0.3 is 5.11 Å². The summed E-state index contributed by atoms with van der Waals surface area (Å²) >= 11 is 0. The van der Waals surface area contributed by atoms with E-state index in [2.05, 4.69) is 25.9 Å². The first kappa shape index (κ1) is 11.8. The zero-order chi connectivity index (χ0) is 11.6. The van der Waals surface area contributed by atoms with Gasteiger partial charge in [-0.25, -0.2) is 4.79 Å². The Labute approximate surface area is 89.9 Å². The highest BCUT2D eigenvalue weighted by Gasteiger charge is 2.14. The van der Waals surface area contributed by atoms with Crippen LogP contribution in [0.25, 0.3) is 0 Å². The lowest BCUT2D eigenvalue weighted by molar-refractivity contribution is 0.0696. The van der Waals surface area contributed by atoms with Crippen molar-refractivity contribution in [3.05, 3.63) is 17.5 Å². The molecule has 0 unspecified atom stereocenters. The van der Waals surface area contributed by atoms with Crippen LogP contribution in [0.5, 0.6) is 0 Å². The maximum atomic E-state index is 10.8. The van der Waals surface area contributed by atoms with Crippen molar-refractivity contribution in [2.75, 3.05) is 0 Å². The normalized spacial score (nSPS) is 11.7. The Morgan fingerprint density at radius 3 is 2.53 bits per heavy atom. The van der Waals surface area contributed by atoms with Gasteiger partial charge in [0.05, 0.1) is 5.69 Å². The maximum Gasteiger partial charge on any atom is 0.339 e. The average molecular weight is 210 g/mol. The van der Waals surface area contributed by atoms with Crippen LogP contribution >= 0.6 is 0 Å². The van der Waals surface area contributed by atoms with E-state index in [1.54, 1.807) is 17.8 Å². The van der Waals surface area contributed by atoms with Crippen molar-refractivity contribution in [2.45, 2.75) is 40.7 Å². The number of hydrogen-bond acceptors (Lipinski definition) is 2. The Hall–Kier alpha value is -1.32. The molecular formula is C11H18N2O2. The Kier molecular flexibility index (Phi) is 3.17. The Morgan fingerprint density at radius 2 is 2.13 bits per heavy atom. The monoisotopic (exact) mass is 210 g/mol. The fourth-order valence-electron chi connectivity index (χ4n) is 1.29. The molecule has 0 bridgehead atoms. The first-order valence-corrected chi connectivity index (χ1v) is 5.07. The van der Waals surface area contributed by atoms with Crippen molar-refractivity contribution in [3.8, 4) is 0 Å². The van der Waals surface area contributed by atoms with Crippen LogP contribution in [0.4, 0.5) is 0 Å². The van der Waals surface area contributed by atoms with Crippen molar-refractivity contribution >= 4 is 5.97 Å². The van der Waals surface area contributed by atoms with Crippen LogP contribution in [-0.4, -0.2) is 20.9 Å². The molecule has 4 heteroatoms. The van der Waals surface area contributed by atoms with E-state index >= 15 is 0 Å². The summed E-state index contributed by atoms with van der Waals surface area (Å²) in [5.41, 5.74) is 1.11. The number of rotatable bonds is 3. The second-order valence-electron chi connectivity index (χ2n) is 5.01. The number of carbonyl (C=O) groups is 1. The van der Waals surface area contributed by atoms with Crippen LogP contribution in [0.1, 0.15) is 43.2 Å². The highest BCUT2D eigenvalue weighted by atomic mass is 16.4. The largest absolute Gasteiger partial charge is 0.478 e.